The molecule has 3 heteroatoms. The van der Waals surface area contributed by atoms with Crippen LogP contribution in [-0.4, -0.2) is 12.5 Å². The quantitative estimate of drug-likeness (QED) is 0.405. The van der Waals surface area contributed by atoms with Gasteiger partial charge in [0.05, 0.1) is 13.2 Å². The Kier molecular flexibility index (Phi) is 5.08. The number of ether oxygens (including phenoxy) is 1. The van der Waals surface area contributed by atoms with E-state index in [1.165, 1.54) is 4.88 Å². The van der Waals surface area contributed by atoms with Crippen LogP contribution in [0.1, 0.15) is 4.88 Å². The second-order valence-electron chi connectivity index (χ2n) is 2.22. The average Bonchev–Trinajstić information content (AvgIpc) is 2.57. The summed E-state index contributed by atoms with van der Waals surface area (Å²) in [6, 6.07) is 4.09. The minimum Gasteiger partial charge on any atom is -0.372 e. The summed E-state index contributed by atoms with van der Waals surface area (Å²) in [5, 5.41) is 2.05. The topological polar surface area (TPSA) is 9.23 Å². The number of hydrogen-bond acceptors (Lipinski definition) is 2. The highest BCUT2D eigenvalue weighted by Crippen LogP contribution is 2.09. The summed E-state index contributed by atoms with van der Waals surface area (Å²) < 4.78 is 5.35. The Balaban J connectivity index is 2.07. The number of halogens is 1. The van der Waals surface area contributed by atoms with E-state index in [9.17, 15) is 0 Å². The predicted octanol–water partition coefficient (Wildman–Crippen LogP) is 3.06. The van der Waals surface area contributed by atoms with E-state index in [0.717, 1.165) is 0 Å². The number of allylic oxidation sites excluding steroid dienone is 1. The number of alkyl halides is 1. The van der Waals surface area contributed by atoms with Crippen LogP contribution in [0.15, 0.2) is 29.7 Å². The van der Waals surface area contributed by atoms with Crippen LogP contribution in [0.4, 0.5) is 0 Å². The van der Waals surface area contributed by atoms with Crippen molar-refractivity contribution in [3.05, 3.63) is 34.5 Å². The molecule has 0 fully saturated rings. The molecule has 66 valence electrons. The summed E-state index contributed by atoms with van der Waals surface area (Å²) in [7, 11) is 0. The van der Waals surface area contributed by atoms with Crippen molar-refractivity contribution in [2.24, 2.45) is 0 Å². The van der Waals surface area contributed by atoms with Gasteiger partial charge in [-0.2, -0.15) is 0 Å². The number of thiophene rings is 1. The summed E-state index contributed by atoms with van der Waals surface area (Å²) in [5.74, 6) is 0.558. The third kappa shape index (κ3) is 3.90. The van der Waals surface area contributed by atoms with Crippen molar-refractivity contribution in [2.75, 3.05) is 12.5 Å². The van der Waals surface area contributed by atoms with Crippen molar-refractivity contribution < 1.29 is 4.74 Å². The average molecular weight is 203 g/mol. The lowest BCUT2D eigenvalue weighted by Gasteiger charge is -1.96. The van der Waals surface area contributed by atoms with Crippen LogP contribution in [-0.2, 0) is 11.3 Å². The molecule has 1 aromatic rings. The molecule has 0 aliphatic rings. The first-order valence-corrected chi connectivity index (χ1v) is 5.16. The van der Waals surface area contributed by atoms with Crippen LogP contribution in [0, 0.1) is 0 Å². The smallest absolute Gasteiger partial charge is 0.0813 e. The Labute approximate surface area is 81.6 Å². The van der Waals surface area contributed by atoms with Crippen molar-refractivity contribution in [1.29, 1.82) is 0 Å². The molecular formula is C9H11ClOS. The van der Waals surface area contributed by atoms with Crippen molar-refractivity contribution in [3.63, 3.8) is 0 Å². The highest BCUT2D eigenvalue weighted by Gasteiger charge is 1.90. The number of rotatable bonds is 5. The second-order valence-corrected chi connectivity index (χ2v) is 3.56. The van der Waals surface area contributed by atoms with E-state index in [4.69, 9.17) is 16.3 Å². The molecule has 1 nitrogen and oxygen atoms in total. The maximum atomic E-state index is 5.44. The standard InChI is InChI=1S/C9H11ClOS/c10-5-1-2-6-11-8-9-4-3-7-12-9/h1-4,7H,5-6,8H2. The molecule has 1 rings (SSSR count). The van der Waals surface area contributed by atoms with Crippen molar-refractivity contribution in [2.45, 2.75) is 6.61 Å². The van der Waals surface area contributed by atoms with Crippen LogP contribution in [0.3, 0.4) is 0 Å². The number of hydrogen-bond donors (Lipinski definition) is 0. The molecule has 0 atom stereocenters. The van der Waals surface area contributed by atoms with Gasteiger partial charge in [-0.15, -0.1) is 22.9 Å². The monoisotopic (exact) mass is 202 g/mol. The Morgan fingerprint density at radius 3 is 3.08 bits per heavy atom. The van der Waals surface area contributed by atoms with Gasteiger partial charge in [-0.05, 0) is 11.4 Å². The molecule has 0 N–H and O–H groups in total. The van der Waals surface area contributed by atoms with Gasteiger partial charge in [-0.3, -0.25) is 0 Å². The molecule has 0 saturated heterocycles. The fourth-order valence-corrected chi connectivity index (χ4v) is 1.52. The van der Waals surface area contributed by atoms with E-state index in [-0.39, 0.29) is 0 Å². The molecule has 0 saturated carbocycles. The molecule has 0 unspecified atom stereocenters. The lowest BCUT2D eigenvalue weighted by atomic mass is 10.5. The fraction of sp³-hybridized carbons (Fsp3) is 0.333. The summed E-state index contributed by atoms with van der Waals surface area (Å²) in [6.45, 7) is 1.34. The first-order chi connectivity index (χ1) is 5.93. The van der Waals surface area contributed by atoms with Gasteiger partial charge in [0.2, 0.25) is 0 Å². The lowest BCUT2D eigenvalue weighted by molar-refractivity contribution is 0.151. The first kappa shape index (κ1) is 9.78. The third-order valence-electron chi connectivity index (χ3n) is 1.29. The van der Waals surface area contributed by atoms with Gasteiger partial charge in [0, 0.05) is 10.8 Å². The highest BCUT2D eigenvalue weighted by molar-refractivity contribution is 7.09. The minimum absolute atomic E-state index is 0.558. The Hall–Kier alpha value is -0.310. The zero-order valence-electron chi connectivity index (χ0n) is 6.70. The second kappa shape index (κ2) is 6.23. The molecule has 12 heavy (non-hydrogen) atoms. The van der Waals surface area contributed by atoms with Crippen LogP contribution in [0.25, 0.3) is 0 Å². The first-order valence-electron chi connectivity index (χ1n) is 3.74. The zero-order chi connectivity index (χ0) is 8.65. The molecular weight excluding hydrogens is 192 g/mol. The van der Waals surface area contributed by atoms with Gasteiger partial charge in [-0.1, -0.05) is 18.2 Å². The van der Waals surface area contributed by atoms with Crippen LogP contribution in [0.2, 0.25) is 0 Å². The maximum Gasteiger partial charge on any atom is 0.0813 e. The largest absolute Gasteiger partial charge is 0.372 e. The zero-order valence-corrected chi connectivity index (χ0v) is 8.27. The molecule has 1 aromatic heterocycles. The Morgan fingerprint density at radius 2 is 2.42 bits per heavy atom. The van der Waals surface area contributed by atoms with E-state index in [0.29, 0.717) is 19.1 Å². The van der Waals surface area contributed by atoms with Gasteiger partial charge < -0.3 is 4.74 Å². The Bertz CT molecular complexity index is 218. The van der Waals surface area contributed by atoms with E-state index >= 15 is 0 Å². The molecule has 0 bridgehead atoms. The Morgan fingerprint density at radius 1 is 1.50 bits per heavy atom. The van der Waals surface area contributed by atoms with E-state index in [1.807, 2.05) is 23.6 Å². The lowest BCUT2D eigenvalue weighted by Crippen LogP contribution is -1.89. The molecule has 0 aliphatic carbocycles. The molecule has 0 aromatic carbocycles. The van der Waals surface area contributed by atoms with Crippen LogP contribution >= 0.6 is 22.9 Å². The van der Waals surface area contributed by atoms with Crippen molar-refractivity contribution in [3.8, 4) is 0 Å². The molecule has 0 aliphatic heterocycles. The van der Waals surface area contributed by atoms with Gasteiger partial charge >= 0.3 is 0 Å². The van der Waals surface area contributed by atoms with E-state index in [2.05, 4.69) is 6.07 Å². The maximum absolute atomic E-state index is 5.44. The third-order valence-corrected chi connectivity index (χ3v) is 2.32. The van der Waals surface area contributed by atoms with E-state index < -0.39 is 0 Å². The van der Waals surface area contributed by atoms with Crippen molar-refractivity contribution >= 4 is 22.9 Å². The summed E-state index contributed by atoms with van der Waals surface area (Å²) >= 11 is 7.15. The molecule has 0 radical (unpaired) electrons. The molecule has 1 heterocycles. The predicted molar refractivity (Wildman–Crippen MR) is 53.8 cm³/mol. The summed E-state index contributed by atoms with van der Waals surface area (Å²) in [6.07, 6.45) is 3.82. The summed E-state index contributed by atoms with van der Waals surface area (Å²) in [4.78, 5) is 1.26. The SMILES string of the molecule is ClCC=CCOCc1cccs1. The minimum atomic E-state index is 0.558. The van der Waals surface area contributed by atoms with Gasteiger partial charge in [0.25, 0.3) is 0 Å². The molecule has 0 amide bonds. The van der Waals surface area contributed by atoms with Crippen molar-refractivity contribution in [1.82, 2.24) is 0 Å². The summed E-state index contributed by atoms with van der Waals surface area (Å²) in [5.41, 5.74) is 0. The van der Waals surface area contributed by atoms with Crippen LogP contribution in [0.5, 0.6) is 0 Å². The van der Waals surface area contributed by atoms with Gasteiger partial charge in [0.15, 0.2) is 0 Å². The van der Waals surface area contributed by atoms with Crippen LogP contribution < -0.4 is 0 Å². The molecule has 0 spiro atoms. The van der Waals surface area contributed by atoms with Gasteiger partial charge in [0.1, 0.15) is 0 Å². The van der Waals surface area contributed by atoms with E-state index in [1.54, 1.807) is 11.3 Å². The fourth-order valence-electron chi connectivity index (χ4n) is 0.753. The van der Waals surface area contributed by atoms with Gasteiger partial charge in [-0.25, -0.2) is 0 Å². The highest BCUT2D eigenvalue weighted by atomic mass is 35.5. The normalized spacial score (nSPS) is 11.1.